The summed E-state index contributed by atoms with van der Waals surface area (Å²) in [5, 5.41) is 13.9. The molecule has 3 aromatic rings. The summed E-state index contributed by atoms with van der Waals surface area (Å²) in [5.74, 6) is -0.0428. The van der Waals surface area contributed by atoms with Gasteiger partial charge in [-0.25, -0.2) is 9.78 Å². The molecule has 1 heterocycles. The van der Waals surface area contributed by atoms with E-state index in [1.165, 1.54) is 0 Å². The third-order valence-corrected chi connectivity index (χ3v) is 3.88. The molecule has 0 bridgehead atoms. The van der Waals surface area contributed by atoms with Crippen LogP contribution in [-0.4, -0.2) is 23.2 Å². The van der Waals surface area contributed by atoms with Gasteiger partial charge in [0, 0.05) is 23.0 Å². The molecule has 24 heavy (non-hydrogen) atoms. The Kier molecular flexibility index (Phi) is 4.53. The van der Waals surface area contributed by atoms with E-state index in [0.717, 1.165) is 10.9 Å². The fourth-order valence-corrected chi connectivity index (χ4v) is 2.49. The minimum atomic E-state index is -1.03. The van der Waals surface area contributed by atoms with Crippen LogP contribution in [0.25, 0.3) is 10.9 Å². The Bertz CT molecular complexity index is 895. The molecular formula is C18H15ClN2O3. The van der Waals surface area contributed by atoms with Gasteiger partial charge in [-0.2, -0.15) is 0 Å². The molecule has 0 atom stereocenters. The zero-order valence-electron chi connectivity index (χ0n) is 12.9. The van der Waals surface area contributed by atoms with Gasteiger partial charge in [-0.1, -0.05) is 23.7 Å². The number of aromatic carboxylic acids is 1. The predicted molar refractivity (Wildman–Crippen MR) is 94.0 cm³/mol. The molecule has 0 aliphatic rings. The fourth-order valence-electron chi connectivity index (χ4n) is 2.36. The molecule has 0 unspecified atom stereocenters. The molecule has 5 nitrogen and oxygen atoms in total. The Morgan fingerprint density at radius 2 is 1.96 bits per heavy atom. The zero-order chi connectivity index (χ0) is 17.1. The summed E-state index contributed by atoms with van der Waals surface area (Å²) in [6.45, 7) is 0.444. The first-order chi connectivity index (χ1) is 11.6. The van der Waals surface area contributed by atoms with Crippen LogP contribution < -0.4 is 10.1 Å². The third-order valence-electron chi connectivity index (χ3n) is 3.63. The number of pyridine rings is 1. The van der Waals surface area contributed by atoms with Gasteiger partial charge in [0.1, 0.15) is 17.1 Å². The summed E-state index contributed by atoms with van der Waals surface area (Å²) < 4.78 is 5.19. The molecule has 6 heteroatoms. The topological polar surface area (TPSA) is 71.5 Å². The first-order valence-corrected chi connectivity index (χ1v) is 7.65. The van der Waals surface area contributed by atoms with Crippen LogP contribution in [0.15, 0.2) is 48.5 Å². The van der Waals surface area contributed by atoms with Crippen LogP contribution in [-0.2, 0) is 6.54 Å². The van der Waals surface area contributed by atoms with Crippen LogP contribution in [0, 0.1) is 0 Å². The van der Waals surface area contributed by atoms with Gasteiger partial charge in [-0.3, -0.25) is 0 Å². The van der Waals surface area contributed by atoms with Crippen LogP contribution in [0.5, 0.6) is 5.75 Å². The average Bonchev–Trinajstić information content (AvgIpc) is 2.59. The molecule has 0 spiro atoms. The molecule has 1 aromatic heterocycles. The van der Waals surface area contributed by atoms with E-state index in [-0.39, 0.29) is 5.56 Å². The summed E-state index contributed by atoms with van der Waals surface area (Å²) >= 11 is 5.87. The maximum Gasteiger partial charge on any atom is 0.339 e. The Balaban J connectivity index is 1.95. The summed E-state index contributed by atoms with van der Waals surface area (Å²) in [7, 11) is 1.58. The molecule has 3 rings (SSSR count). The van der Waals surface area contributed by atoms with Crippen molar-refractivity contribution in [2.24, 2.45) is 0 Å². The van der Waals surface area contributed by atoms with Crippen molar-refractivity contribution in [3.05, 3.63) is 64.7 Å². The zero-order valence-corrected chi connectivity index (χ0v) is 13.7. The molecule has 0 saturated carbocycles. The minimum Gasteiger partial charge on any atom is -0.497 e. The van der Waals surface area contributed by atoms with Gasteiger partial charge in [0.25, 0.3) is 0 Å². The summed E-state index contributed by atoms with van der Waals surface area (Å²) in [6.07, 6.45) is 0. The molecule has 2 N–H and O–H groups in total. The molecular weight excluding hydrogens is 328 g/mol. The molecule has 0 radical (unpaired) electrons. The van der Waals surface area contributed by atoms with E-state index in [0.29, 0.717) is 28.7 Å². The number of methoxy groups -OCH3 is 1. The SMILES string of the molecule is COc1ccc2cc(C(=O)O)c(NCc3ccc(Cl)cc3)nc2c1. The lowest BCUT2D eigenvalue weighted by Gasteiger charge is -2.11. The number of carbonyl (C=O) groups is 1. The lowest BCUT2D eigenvalue weighted by atomic mass is 10.1. The number of fused-ring (bicyclic) bond motifs is 1. The lowest BCUT2D eigenvalue weighted by Crippen LogP contribution is -2.08. The quantitative estimate of drug-likeness (QED) is 0.726. The van der Waals surface area contributed by atoms with Crippen molar-refractivity contribution < 1.29 is 14.6 Å². The standard InChI is InChI=1S/C18H15ClN2O3/c1-24-14-7-4-12-8-15(18(22)23)17(21-16(12)9-14)20-10-11-2-5-13(19)6-3-11/h2-9H,10H2,1H3,(H,20,21)(H,22,23). The molecule has 0 saturated heterocycles. The number of rotatable bonds is 5. The fraction of sp³-hybridized carbons (Fsp3) is 0.111. The number of aromatic nitrogens is 1. The van der Waals surface area contributed by atoms with Crippen LogP contribution in [0.1, 0.15) is 15.9 Å². The first-order valence-electron chi connectivity index (χ1n) is 7.27. The van der Waals surface area contributed by atoms with Crippen molar-refractivity contribution in [3.8, 4) is 5.75 Å². The number of carboxylic acids is 1. The minimum absolute atomic E-state index is 0.127. The van der Waals surface area contributed by atoms with Gasteiger partial charge >= 0.3 is 5.97 Å². The molecule has 122 valence electrons. The van der Waals surface area contributed by atoms with Crippen LogP contribution in [0.4, 0.5) is 5.82 Å². The number of hydrogen-bond acceptors (Lipinski definition) is 4. The molecule has 2 aromatic carbocycles. The number of benzene rings is 2. The lowest BCUT2D eigenvalue weighted by molar-refractivity contribution is 0.0697. The van der Waals surface area contributed by atoms with Crippen LogP contribution >= 0.6 is 11.6 Å². The van der Waals surface area contributed by atoms with Gasteiger partial charge in [-0.05, 0) is 35.9 Å². The number of halogens is 1. The van der Waals surface area contributed by atoms with Crippen LogP contribution in [0.3, 0.4) is 0 Å². The molecule has 0 aliphatic carbocycles. The number of hydrogen-bond donors (Lipinski definition) is 2. The van der Waals surface area contributed by atoms with Crippen molar-refractivity contribution >= 4 is 34.3 Å². The van der Waals surface area contributed by atoms with Gasteiger partial charge in [0.15, 0.2) is 0 Å². The van der Waals surface area contributed by atoms with Gasteiger partial charge in [0.2, 0.25) is 0 Å². The largest absolute Gasteiger partial charge is 0.497 e. The highest BCUT2D eigenvalue weighted by atomic mass is 35.5. The molecule has 0 fully saturated rings. The average molecular weight is 343 g/mol. The maximum absolute atomic E-state index is 11.5. The second kappa shape index (κ2) is 6.76. The monoisotopic (exact) mass is 342 g/mol. The van der Waals surface area contributed by atoms with Crippen LogP contribution in [0.2, 0.25) is 5.02 Å². The highest BCUT2D eigenvalue weighted by Crippen LogP contribution is 2.25. The van der Waals surface area contributed by atoms with Gasteiger partial charge < -0.3 is 15.2 Å². The van der Waals surface area contributed by atoms with E-state index in [1.54, 1.807) is 43.5 Å². The Hall–Kier alpha value is -2.79. The highest BCUT2D eigenvalue weighted by molar-refractivity contribution is 6.30. The van der Waals surface area contributed by atoms with Crippen molar-refractivity contribution in [3.63, 3.8) is 0 Å². The summed E-state index contributed by atoms with van der Waals surface area (Å²) in [5.41, 5.74) is 1.77. The number of carboxylic acid groups (broad SMARTS) is 1. The Morgan fingerprint density at radius 1 is 1.21 bits per heavy atom. The maximum atomic E-state index is 11.5. The van der Waals surface area contributed by atoms with E-state index in [2.05, 4.69) is 10.3 Å². The third kappa shape index (κ3) is 3.41. The van der Waals surface area contributed by atoms with Gasteiger partial charge in [0.05, 0.1) is 12.6 Å². The first kappa shape index (κ1) is 16.1. The second-order valence-electron chi connectivity index (χ2n) is 5.23. The van der Waals surface area contributed by atoms with Crippen molar-refractivity contribution in [2.45, 2.75) is 6.54 Å². The Morgan fingerprint density at radius 3 is 2.62 bits per heavy atom. The smallest absolute Gasteiger partial charge is 0.339 e. The number of ether oxygens (including phenoxy) is 1. The number of nitrogens with zero attached hydrogens (tertiary/aromatic N) is 1. The number of nitrogens with one attached hydrogen (secondary N) is 1. The van der Waals surface area contributed by atoms with E-state index < -0.39 is 5.97 Å². The van der Waals surface area contributed by atoms with E-state index >= 15 is 0 Å². The molecule has 0 aliphatic heterocycles. The van der Waals surface area contributed by atoms with Crippen molar-refractivity contribution in [1.29, 1.82) is 0 Å². The summed E-state index contributed by atoms with van der Waals surface area (Å²) in [6, 6.07) is 14.3. The predicted octanol–water partition coefficient (Wildman–Crippen LogP) is 4.21. The normalized spacial score (nSPS) is 10.6. The molecule has 0 amide bonds. The van der Waals surface area contributed by atoms with Crippen molar-refractivity contribution in [2.75, 3.05) is 12.4 Å². The van der Waals surface area contributed by atoms with Gasteiger partial charge in [-0.15, -0.1) is 0 Å². The number of anilines is 1. The summed E-state index contributed by atoms with van der Waals surface area (Å²) in [4.78, 5) is 16.0. The van der Waals surface area contributed by atoms with E-state index in [1.807, 2.05) is 12.1 Å². The Labute approximate surface area is 143 Å². The highest BCUT2D eigenvalue weighted by Gasteiger charge is 2.13. The van der Waals surface area contributed by atoms with E-state index in [9.17, 15) is 9.90 Å². The van der Waals surface area contributed by atoms with Crippen molar-refractivity contribution in [1.82, 2.24) is 4.98 Å². The van der Waals surface area contributed by atoms with E-state index in [4.69, 9.17) is 16.3 Å². The second-order valence-corrected chi connectivity index (χ2v) is 5.66.